The summed E-state index contributed by atoms with van der Waals surface area (Å²) in [6.07, 6.45) is 0. The molecule has 0 aliphatic carbocycles. The fourth-order valence-electron chi connectivity index (χ4n) is 1.62. The minimum Gasteiger partial charge on any atom is -0.508 e. The Balaban J connectivity index is 2.30. The van der Waals surface area contributed by atoms with Gasteiger partial charge in [-0.3, -0.25) is 0 Å². The number of hydrogen-bond acceptors (Lipinski definition) is 4. The number of anilines is 1. The number of hydrogen-bond donors (Lipinski definition) is 2. The highest BCUT2D eigenvalue weighted by Crippen LogP contribution is 2.19. The fourth-order valence-corrected chi connectivity index (χ4v) is 2.96. The average molecular weight is 263 g/mol. The van der Waals surface area contributed by atoms with E-state index >= 15 is 0 Å². The van der Waals surface area contributed by atoms with Crippen LogP contribution in [-0.2, 0) is 15.6 Å². The van der Waals surface area contributed by atoms with Gasteiger partial charge in [0.25, 0.3) is 0 Å². The van der Waals surface area contributed by atoms with E-state index in [0.29, 0.717) is 11.3 Å². The second-order valence-corrected chi connectivity index (χ2v) is 5.99. The lowest BCUT2D eigenvalue weighted by molar-refractivity contribution is 0.475. The van der Waals surface area contributed by atoms with Gasteiger partial charge in [0.1, 0.15) is 5.75 Å². The minimum atomic E-state index is -3.41. The average Bonchev–Trinajstić information content (AvgIpc) is 2.29. The Labute approximate surface area is 106 Å². The van der Waals surface area contributed by atoms with Gasteiger partial charge in [-0.25, -0.2) is 8.42 Å². The molecule has 0 saturated carbocycles. The Bertz CT molecular complexity index is 648. The van der Waals surface area contributed by atoms with Crippen molar-refractivity contribution in [1.82, 2.24) is 0 Å². The number of aromatic hydroxyl groups is 1. The smallest absolute Gasteiger partial charge is 0.182 e. The summed E-state index contributed by atoms with van der Waals surface area (Å²) in [5.41, 5.74) is 6.58. The van der Waals surface area contributed by atoms with Crippen molar-refractivity contribution in [3.63, 3.8) is 0 Å². The van der Waals surface area contributed by atoms with Crippen molar-refractivity contribution in [1.29, 1.82) is 0 Å². The van der Waals surface area contributed by atoms with E-state index in [1.54, 1.807) is 24.3 Å². The van der Waals surface area contributed by atoms with Crippen LogP contribution in [0.2, 0.25) is 0 Å². The van der Waals surface area contributed by atoms with Crippen molar-refractivity contribution in [2.45, 2.75) is 10.6 Å². The zero-order valence-electron chi connectivity index (χ0n) is 9.58. The molecule has 0 aromatic heterocycles. The van der Waals surface area contributed by atoms with Gasteiger partial charge in [-0.05, 0) is 42.0 Å². The molecular formula is C13H13NO3S. The monoisotopic (exact) mass is 263 g/mol. The molecular weight excluding hydrogens is 250 g/mol. The van der Waals surface area contributed by atoms with Crippen LogP contribution in [0.3, 0.4) is 0 Å². The molecule has 94 valence electrons. The highest BCUT2D eigenvalue weighted by Gasteiger charge is 2.15. The highest BCUT2D eigenvalue weighted by atomic mass is 32.2. The molecule has 0 radical (unpaired) electrons. The van der Waals surface area contributed by atoms with Crippen LogP contribution in [0.5, 0.6) is 5.75 Å². The van der Waals surface area contributed by atoms with Gasteiger partial charge >= 0.3 is 0 Å². The lowest BCUT2D eigenvalue weighted by Gasteiger charge is -2.05. The van der Waals surface area contributed by atoms with Crippen molar-refractivity contribution in [3.8, 4) is 5.75 Å². The summed E-state index contributed by atoms with van der Waals surface area (Å²) in [6.45, 7) is 0. The third-order valence-electron chi connectivity index (χ3n) is 2.51. The summed E-state index contributed by atoms with van der Waals surface area (Å²) >= 11 is 0. The number of nitrogen functional groups attached to an aromatic ring is 1. The van der Waals surface area contributed by atoms with Gasteiger partial charge < -0.3 is 10.8 Å². The van der Waals surface area contributed by atoms with Crippen molar-refractivity contribution >= 4 is 15.5 Å². The molecule has 0 spiro atoms. The van der Waals surface area contributed by atoms with E-state index in [0.717, 1.165) is 0 Å². The van der Waals surface area contributed by atoms with Crippen LogP contribution in [-0.4, -0.2) is 13.5 Å². The zero-order valence-corrected chi connectivity index (χ0v) is 10.4. The molecule has 0 amide bonds. The van der Waals surface area contributed by atoms with E-state index in [1.807, 2.05) is 0 Å². The first-order valence-electron chi connectivity index (χ1n) is 5.33. The summed E-state index contributed by atoms with van der Waals surface area (Å²) in [5, 5.41) is 9.31. The lowest BCUT2D eigenvalue weighted by atomic mass is 10.2. The van der Waals surface area contributed by atoms with Crippen molar-refractivity contribution < 1.29 is 13.5 Å². The molecule has 4 nitrogen and oxygen atoms in total. The van der Waals surface area contributed by atoms with Crippen molar-refractivity contribution in [3.05, 3.63) is 54.1 Å². The molecule has 0 saturated heterocycles. The van der Waals surface area contributed by atoms with E-state index in [2.05, 4.69) is 0 Å². The Morgan fingerprint density at radius 1 is 1.06 bits per heavy atom. The summed E-state index contributed by atoms with van der Waals surface area (Å²) in [7, 11) is -3.41. The molecule has 2 aromatic carbocycles. The maximum Gasteiger partial charge on any atom is 0.182 e. The predicted octanol–water partition coefficient (Wildman–Crippen LogP) is 1.95. The van der Waals surface area contributed by atoms with E-state index in [1.165, 1.54) is 24.3 Å². The molecule has 0 bridgehead atoms. The van der Waals surface area contributed by atoms with Crippen LogP contribution in [0.15, 0.2) is 53.4 Å². The van der Waals surface area contributed by atoms with Crippen LogP contribution < -0.4 is 5.73 Å². The SMILES string of the molecule is Nc1ccc(S(=O)(=O)Cc2cccc(O)c2)cc1. The van der Waals surface area contributed by atoms with Gasteiger partial charge in [0.15, 0.2) is 9.84 Å². The molecule has 0 atom stereocenters. The number of phenols is 1. The first-order chi connectivity index (χ1) is 8.47. The predicted molar refractivity (Wildman–Crippen MR) is 69.9 cm³/mol. The van der Waals surface area contributed by atoms with Crippen LogP contribution >= 0.6 is 0 Å². The van der Waals surface area contributed by atoms with Gasteiger partial charge in [0.2, 0.25) is 0 Å². The Hall–Kier alpha value is -2.01. The molecule has 0 unspecified atom stereocenters. The third-order valence-corrected chi connectivity index (χ3v) is 4.21. The van der Waals surface area contributed by atoms with Crippen molar-refractivity contribution in [2.75, 3.05) is 5.73 Å². The van der Waals surface area contributed by atoms with E-state index in [-0.39, 0.29) is 16.4 Å². The quantitative estimate of drug-likeness (QED) is 0.829. The van der Waals surface area contributed by atoms with E-state index < -0.39 is 9.84 Å². The van der Waals surface area contributed by atoms with E-state index in [4.69, 9.17) is 5.73 Å². The Morgan fingerprint density at radius 3 is 2.33 bits per heavy atom. The summed E-state index contributed by atoms with van der Waals surface area (Å²) in [4.78, 5) is 0.222. The number of nitrogens with two attached hydrogens (primary N) is 1. The number of sulfone groups is 1. The fraction of sp³-hybridized carbons (Fsp3) is 0.0769. The first-order valence-corrected chi connectivity index (χ1v) is 6.99. The van der Waals surface area contributed by atoms with Gasteiger partial charge in [-0.2, -0.15) is 0 Å². The molecule has 0 aliphatic heterocycles. The number of benzene rings is 2. The van der Waals surface area contributed by atoms with Gasteiger partial charge in [0.05, 0.1) is 10.6 Å². The second-order valence-electron chi connectivity index (χ2n) is 4.00. The molecule has 0 heterocycles. The molecule has 0 fully saturated rings. The van der Waals surface area contributed by atoms with E-state index in [9.17, 15) is 13.5 Å². The van der Waals surface area contributed by atoms with Crippen LogP contribution in [0.25, 0.3) is 0 Å². The molecule has 2 aromatic rings. The van der Waals surface area contributed by atoms with Crippen molar-refractivity contribution in [2.24, 2.45) is 0 Å². The Morgan fingerprint density at radius 2 is 1.72 bits per heavy atom. The zero-order chi connectivity index (χ0) is 13.2. The van der Waals surface area contributed by atoms with Crippen LogP contribution in [0, 0.1) is 0 Å². The topological polar surface area (TPSA) is 80.4 Å². The molecule has 5 heteroatoms. The molecule has 18 heavy (non-hydrogen) atoms. The molecule has 0 aliphatic rings. The summed E-state index contributed by atoms with van der Waals surface area (Å²) in [5.74, 6) is -0.0919. The summed E-state index contributed by atoms with van der Waals surface area (Å²) in [6, 6.07) is 12.3. The second kappa shape index (κ2) is 4.70. The molecule has 2 rings (SSSR count). The number of phenolic OH excluding ortho intramolecular Hbond substituents is 1. The van der Waals surface area contributed by atoms with Crippen LogP contribution in [0.4, 0.5) is 5.69 Å². The first kappa shape index (κ1) is 12.4. The maximum absolute atomic E-state index is 12.1. The van der Waals surface area contributed by atoms with Gasteiger partial charge in [0, 0.05) is 5.69 Å². The highest BCUT2D eigenvalue weighted by molar-refractivity contribution is 7.90. The maximum atomic E-state index is 12.1. The Kier molecular flexibility index (Phi) is 3.25. The number of rotatable bonds is 3. The minimum absolute atomic E-state index is 0.0556. The van der Waals surface area contributed by atoms with Gasteiger partial charge in [-0.15, -0.1) is 0 Å². The largest absolute Gasteiger partial charge is 0.508 e. The third kappa shape index (κ3) is 2.81. The summed E-state index contributed by atoms with van der Waals surface area (Å²) < 4.78 is 24.2. The standard InChI is InChI=1S/C13H13NO3S/c14-11-4-6-13(7-5-11)18(16,17)9-10-2-1-3-12(15)8-10/h1-8,15H,9,14H2. The van der Waals surface area contributed by atoms with Crippen LogP contribution in [0.1, 0.15) is 5.56 Å². The molecule has 3 N–H and O–H groups in total. The van der Waals surface area contributed by atoms with Gasteiger partial charge in [-0.1, -0.05) is 12.1 Å². The lowest BCUT2D eigenvalue weighted by Crippen LogP contribution is -2.05. The normalized spacial score (nSPS) is 11.3.